The van der Waals surface area contributed by atoms with E-state index in [1.165, 1.54) is 212 Å². The van der Waals surface area contributed by atoms with Gasteiger partial charge >= 0.3 is 17.9 Å². The van der Waals surface area contributed by atoms with E-state index in [9.17, 15) is 14.4 Å². The molecule has 0 spiro atoms. The topological polar surface area (TPSA) is 78.9 Å². The summed E-state index contributed by atoms with van der Waals surface area (Å²) in [7, 11) is 0. The minimum Gasteiger partial charge on any atom is -0.462 e. The predicted molar refractivity (Wildman–Crippen MR) is 358 cm³/mol. The van der Waals surface area contributed by atoms with Crippen molar-refractivity contribution in [1.29, 1.82) is 0 Å². The molecular weight excluding hydrogens is 1010 g/mol. The summed E-state index contributed by atoms with van der Waals surface area (Å²) in [5.74, 6) is -0.888. The standard InChI is InChI=1S/C76H134O6/c1-4-7-10-13-16-19-22-25-28-31-33-35-36-37-38-39-40-41-43-45-48-51-54-57-60-63-66-69-75(78)81-72-73(71-80-74(77)68-65-62-59-56-53-50-47-44-30-27-24-21-18-15-12-9-6-3)82-76(79)70-67-64-61-58-55-52-49-46-42-34-32-29-26-23-20-17-14-11-8-5-2/h9,12,18,21-22,25,27,30-31,33,36-37,47,50,73H,4-8,10-11,13-17,19-20,23-24,26,28-29,32,34-35,38-46,48-49,51-72H2,1-3H3/b12-9-,21-18-,25-22-,30-27-,33-31-,37-36-,50-47-. The van der Waals surface area contributed by atoms with Gasteiger partial charge in [0.2, 0.25) is 0 Å². The van der Waals surface area contributed by atoms with E-state index < -0.39 is 6.10 Å². The summed E-state index contributed by atoms with van der Waals surface area (Å²) in [6, 6.07) is 0. The summed E-state index contributed by atoms with van der Waals surface area (Å²) >= 11 is 0. The van der Waals surface area contributed by atoms with Crippen molar-refractivity contribution in [3.05, 3.63) is 85.1 Å². The number of hydrogen-bond donors (Lipinski definition) is 0. The molecule has 0 aromatic rings. The maximum Gasteiger partial charge on any atom is 0.306 e. The summed E-state index contributed by atoms with van der Waals surface area (Å²) in [5.41, 5.74) is 0. The number of ether oxygens (including phenoxy) is 3. The molecular formula is C76H134O6. The highest BCUT2D eigenvalue weighted by molar-refractivity contribution is 5.71. The lowest BCUT2D eigenvalue weighted by atomic mass is 10.0. The lowest BCUT2D eigenvalue weighted by Crippen LogP contribution is -2.30. The zero-order valence-electron chi connectivity index (χ0n) is 54.5. The molecule has 0 radical (unpaired) electrons. The largest absolute Gasteiger partial charge is 0.462 e. The van der Waals surface area contributed by atoms with Gasteiger partial charge in [0.05, 0.1) is 0 Å². The van der Waals surface area contributed by atoms with Crippen molar-refractivity contribution in [2.75, 3.05) is 13.2 Å². The fourth-order valence-electron chi connectivity index (χ4n) is 10.3. The van der Waals surface area contributed by atoms with Gasteiger partial charge in [-0.05, 0) is 96.3 Å². The molecule has 0 aliphatic carbocycles. The van der Waals surface area contributed by atoms with E-state index in [4.69, 9.17) is 14.2 Å². The Bertz CT molecular complexity index is 1550. The third kappa shape index (κ3) is 67.4. The maximum absolute atomic E-state index is 13.0. The Morgan fingerprint density at radius 3 is 0.744 bits per heavy atom. The van der Waals surface area contributed by atoms with Crippen LogP contribution in [0.25, 0.3) is 0 Å². The zero-order valence-corrected chi connectivity index (χ0v) is 54.5. The van der Waals surface area contributed by atoms with Crippen molar-refractivity contribution in [2.45, 2.75) is 367 Å². The second kappa shape index (κ2) is 70.1. The van der Waals surface area contributed by atoms with Crippen LogP contribution >= 0.6 is 0 Å². The Morgan fingerprint density at radius 1 is 0.256 bits per heavy atom. The Kier molecular flexibility index (Phi) is 67.2. The first-order chi connectivity index (χ1) is 40.5. The van der Waals surface area contributed by atoms with Crippen LogP contribution in [0.1, 0.15) is 361 Å². The van der Waals surface area contributed by atoms with Gasteiger partial charge in [-0.3, -0.25) is 14.4 Å². The van der Waals surface area contributed by atoms with E-state index in [1.807, 2.05) is 0 Å². The number of hydrogen-bond acceptors (Lipinski definition) is 6. The second-order valence-electron chi connectivity index (χ2n) is 23.8. The van der Waals surface area contributed by atoms with Crippen LogP contribution in [0, 0.1) is 0 Å². The van der Waals surface area contributed by atoms with E-state index >= 15 is 0 Å². The third-order valence-corrected chi connectivity index (χ3v) is 15.6. The molecule has 0 aromatic heterocycles. The van der Waals surface area contributed by atoms with Crippen LogP contribution in [0.5, 0.6) is 0 Å². The van der Waals surface area contributed by atoms with Crippen molar-refractivity contribution < 1.29 is 28.6 Å². The van der Waals surface area contributed by atoms with Gasteiger partial charge in [0.25, 0.3) is 0 Å². The molecule has 0 fully saturated rings. The molecule has 474 valence electrons. The molecule has 1 atom stereocenters. The lowest BCUT2D eigenvalue weighted by Gasteiger charge is -2.18. The molecule has 1 unspecified atom stereocenters. The summed E-state index contributed by atoms with van der Waals surface area (Å²) in [6.45, 7) is 6.55. The minimum absolute atomic E-state index is 0.0822. The molecule has 0 saturated carbocycles. The Morgan fingerprint density at radius 2 is 0.476 bits per heavy atom. The molecule has 6 heteroatoms. The normalized spacial score (nSPS) is 12.6. The number of esters is 3. The lowest BCUT2D eigenvalue weighted by molar-refractivity contribution is -0.167. The zero-order chi connectivity index (χ0) is 59.2. The predicted octanol–water partition coefficient (Wildman–Crippen LogP) is 24.6. The van der Waals surface area contributed by atoms with Gasteiger partial charge in [-0.2, -0.15) is 0 Å². The Balaban J connectivity index is 4.33. The van der Waals surface area contributed by atoms with Gasteiger partial charge in [0, 0.05) is 19.3 Å². The molecule has 0 saturated heterocycles. The van der Waals surface area contributed by atoms with Gasteiger partial charge in [-0.15, -0.1) is 0 Å². The highest BCUT2D eigenvalue weighted by atomic mass is 16.6. The van der Waals surface area contributed by atoms with Crippen LogP contribution in [-0.2, 0) is 28.6 Å². The maximum atomic E-state index is 13.0. The van der Waals surface area contributed by atoms with E-state index in [-0.39, 0.29) is 31.1 Å². The van der Waals surface area contributed by atoms with Crippen molar-refractivity contribution in [3.8, 4) is 0 Å². The molecule has 0 heterocycles. The summed E-state index contributed by atoms with van der Waals surface area (Å²) < 4.78 is 17.0. The van der Waals surface area contributed by atoms with Crippen molar-refractivity contribution in [3.63, 3.8) is 0 Å². The Hall–Kier alpha value is -3.41. The highest BCUT2D eigenvalue weighted by Crippen LogP contribution is 2.18. The average Bonchev–Trinajstić information content (AvgIpc) is 3.47. The first-order valence-corrected chi connectivity index (χ1v) is 35.6. The molecule has 0 aliphatic heterocycles. The van der Waals surface area contributed by atoms with E-state index in [2.05, 4.69) is 106 Å². The number of carbonyl (C=O) groups excluding carboxylic acids is 3. The van der Waals surface area contributed by atoms with Crippen LogP contribution < -0.4 is 0 Å². The quantitative estimate of drug-likeness (QED) is 0.0261. The fourth-order valence-corrected chi connectivity index (χ4v) is 10.3. The number of carbonyl (C=O) groups is 3. The van der Waals surface area contributed by atoms with Crippen LogP contribution in [0.4, 0.5) is 0 Å². The molecule has 0 amide bonds. The van der Waals surface area contributed by atoms with Crippen LogP contribution in [0.2, 0.25) is 0 Å². The van der Waals surface area contributed by atoms with Crippen LogP contribution in [-0.4, -0.2) is 37.2 Å². The number of allylic oxidation sites excluding steroid dienone is 14. The monoisotopic (exact) mass is 1140 g/mol. The Labute approximate surface area is 509 Å². The van der Waals surface area contributed by atoms with Gasteiger partial charge in [-0.1, -0.05) is 331 Å². The van der Waals surface area contributed by atoms with Crippen molar-refractivity contribution in [2.24, 2.45) is 0 Å². The number of unbranched alkanes of at least 4 members (excludes halogenated alkanes) is 40. The van der Waals surface area contributed by atoms with Crippen LogP contribution in [0.3, 0.4) is 0 Å². The summed E-state index contributed by atoms with van der Waals surface area (Å²) in [6.07, 6.45) is 93.2. The average molecular weight is 1140 g/mol. The molecule has 0 bridgehead atoms. The smallest absolute Gasteiger partial charge is 0.306 e. The highest BCUT2D eigenvalue weighted by Gasteiger charge is 2.19. The first-order valence-electron chi connectivity index (χ1n) is 35.6. The van der Waals surface area contributed by atoms with E-state index in [0.29, 0.717) is 19.3 Å². The van der Waals surface area contributed by atoms with E-state index in [1.54, 1.807) is 0 Å². The molecule has 0 aromatic carbocycles. The van der Waals surface area contributed by atoms with Crippen molar-refractivity contribution >= 4 is 17.9 Å². The summed E-state index contributed by atoms with van der Waals surface area (Å²) in [4.78, 5) is 38.5. The third-order valence-electron chi connectivity index (χ3n) is 15.6. The SMILES string of the molecule is CC/C=C\C/C=C\C/C=C\C/C=C\CCCCCCC(=O)OCC(COC(=O)CCCCCCCCCCCCCC/C=C\C/C=C\C/C=C\CCCCCCC)OC(=O)CCCCCCCCCCCCCCCCCCCCCC. The molecule has 0 N–H and O–H groups in total. The molecule has 82 heavy (non-hydrogen) atoms. The second-order valence-corrected chi connectivity index (χ2v) is 23.8. The van der Waals surface area contributed by atoms with Gasteiger partial charge in [0.15, 0.2) is 6.10 Å². The molecule has 6 nitrogen and oxygen atoms in total. The number of rotatable bonds is 65. The minimum atomic E-state index is -0.788. The van der Waals surface area contributed by atoms with E-state index in [0.717, 1.165) is 109 Å². The van der Waals surface area contributed by atoms with Crippen molar-refractivity contribution in [1.82, 2.24) is 0 Å². The van der Waals surface area contributed by atoms with Crippen LogP contribution in [0.15, 0.2) is 85.1 Å². The fraction of sp³-hybridized carbons (Fsp3) is 0.776. The summed E-state index contributed by atoms with van der Waals surface area (Å²) in [5, 5.41) is 0. The first kappa shape index (κ1) is 78.6. The van der Waals surface area contributed by atoms with Gasteiger partial charge in [0.1, 0.15) is 13.2 Å². The molecule has 0 aliphatic rings. The van der Waals surface area contributed by atoms with Gasteiger partial charge in [-0.25, -0.2) is 0 Å². The molecule has 0 rings (SSSR count). The van der Waals surface area contributed by atoms with Gasteiger partial charge < -0.3 is 14.2 Å².